The van der Waals surface area contributed by atoms with Crippen LogP contribution in [0.2, 0.25) is 0 Å². The molecule has 0 N–H and O–H groups in total. The third-order valence-electron chi connectivity index (χ3n) is 2.46. The predicted octanol–water partition coefficient (Wildman–Crippen LogP) is 2.98. The van der Waals surface area contributed by atoms with Crippen molar-refractivity contribution >= 4 is 12.4 Å². The molecule has 0 unspecified atom stereocenters. The number of hydrogen-bond donors (Lipinski definition) is 0. The fourth-order valence-electron chi connectivity index (χ4n) is 1.71. The monoisotopic (exact) mass is 192 g/mol. The third-order valence-corrected chi connectivity index (χ3v) is 5.38. The lowest BCUT2D eigenvalue weighted by atomic mass is 10.3. The minimum atomic E-state index is -2.14. The lowest BCUT2D eigenvalue weighted by Crippen LogP contribution is -2.01. The van der Waals surface area contributed by atoms with Crippen LogP contribution in [-0.2, 0) is 4.57 Å². The standard InChI is InChI=1S/C11H13OP/c1-10-7-8-13(12,9-10)11-5-3-2-4-6-11/h2-6,9H,7-8H2,1H3/t13-/m0/s1. The summed E-state index contributed by atoms with van der Waals surface area (Å²) < 4.78 is 12.3. The van der Waals surface area contributed by atoms with E-state index in [1.54, 1.807) is 0 Å². The van der Waals surface area contributed by atoms with Crippen molar-refractivity contribution in [2.24, 2.45) is 0 Å². The van der Waals surface area contributed by atoms with Gasteiger partial charge in [-0.2, -0.15) is 0 Å². The first-order valence-corrected chi connectivity index (χ1v) is 6.49. The Labute approximate surface area is 78.9 Å². The lowest BCUT2D eigenvalue weighted by molar-refractivity contribution is 0.587. The molecule has 2 heteroatoms. The highest BCUT2D eigenvalue weighted by Crippen LogP contribution is 2.52. The average molecular weight is 192 g/mol. The van der Waals surface area contributed by atoms with E-state index < -0.39 is 7.14 Å². The quantitative estimate of drug-likeness (QED) is 0.625. The van der Waals surface area contributed by atoms with E-state index in [0.29, 0.717) is 0 Å². The molecule has 0 saturated heterocycles. The van der Waals surface area contributed by atoms with Crippen molar-refractivity contribution < 1.29 is 4.57 Å². The van der Waals surface area contributed by atoms with Crippen LogP contribution in [0.25, 0.3) is 0 Å². The fraction of sp³-hybridized carbons (Fsp3) is 0.273. The summed E-state index contributed by atoms with van der Waals surface area (Å²) in [5, 5.41) is 1.01. The number of allylic oxidation sites excluding steroid dienone is 1. The summed E-state index contributed by atoms with van der Waals surface area (Å²) in [4.78, 5) is 0. The van der Waals surface area contributed by atoms with Gasteiger partial charge in [0.15, 0.2) is 0 Å². The molecule has 2 rings (SSSR count). The first-order valence-electron chi connectivity index (χ1n) is 4.53. The first-order chi connectivity index (χ1) is 6.21. The summed E-state index contributed by atoms with van der Waals surface area (Å²) in [5.74, 6) is 1.97. The molecule has 1 nitrogen and oxygen atoms in total. The van der Waals surface area contributed by atoms with Crippen LogP contribution >= 0.6 is 7.14 Å². The molecule has 1 aromatic carbocycles. The van der Waals surface area contributed by atoms with Crippen LogP contribution in [0.4, 0.5) is 0 Å². The molecule has 0 bridgehead atoms. The van der Waals surface area contributed by atoms with Crippen molar-refractivity contribution in [2.45, 2.75) is 13.3 Å². The SMILES string of the molecule is CC1=C[P@](=O)(c2ccccc2)CC1. The Hall–Kier alpha value is -0.810. The summed E-state index contributed by atoms with van der Waals surface area (Å²) in [7, 11) is -2.14. The average Bonchev–Trinajstić information content (AvgIpc) is 2.49. The summed E-state index contributed by atoms with van der Waals surface area (Å²) in [5.41, 5.74) is 1.27. The van der Waals surface area contributed by atoms with Crippen LogP contribution in [0, 0.1) is 0 Å². The highest BCUT2D eigenvalue weighted by molar-refractivity contribution is 7.74. The van der Waals surface area contributed by atoms with E-state index in [-0.39, 0.29) is 0 Å². The zero-order valence-corrected chi connectivity index (χ0v) is 8.63. The summed E-state index contributed by atoms with van der Waals surface area (Å²) in [6.07, 6.45) is 1.81. The highest BCUT2D eigenvalue weighted by atomic mass is 31.2. The fourth-order valence-corrected chi connectivity index (χ4v) is 4.45. The zero-order valence-electron chi connectivity index (χ0n) is 7.73. The van der Waals surface area contributed by atoms with Gasteiger partial charge in [0, 0.05) is 11.5 Å². The van der Waals surface area contributed by atoms with E-state index in [1.807, 2.05) is 36.1 Å². The Kier molecular flexibility index (Phi) is 2.13. The van der Waals surface area contributed by atoms with Crippen LogP contribution in [-0.4, -0.2) is 6.16 Å². The maximum atomic E-state index is 12.3. The molecular formula is C11H13OP. The van der Waals surface area contributed by atoms with E-state index in [4.69, 9.17) is 0 Å². The molecule has 68 valence electrons. The molecule has 0 amide bonds. The van der Waals surface area contributed by atoms with E-state index in [9.17, 15) is 4.57 Å². The molecule has 1 heterocycles. The van der Waals surface area contributed by atoms with Crippen molar-refractivity contribution in [3.63, 3.8) is 0 Å². The second-order valence-corrected chi connectivity index (χ2v) is 6.39. The van der Waals surface area contributed by atoms with Gasteiger partial charge in [-0.1, -0.05) is 35.9 Å². The second-order valence-electron chi connectivity index (χ2n) is 3.58. The maximum absolute atomic E-state index is 12.3. The molecule has 0 aromatic heterocycles. The van der Waals surface area contributed by atoms with Gasteiger partial charge in [0.2, 0.25) is 0 Å². The predicted molar refractivity (Wildman–Crippen MR) is 56.9 cm³/mol. The van der Waals surface area contributed by atoms with Crippen LogP contribution in [0.5, 0.6) is 0 Å². The lowest BCUT2D eigenvalue weighted by Gasteiger charge is -2.08. The molecule has 0 aliphatic carbocycles. The minimum absolute atomic E-state index is 0.822. The normalized spacial score (nSPS) is 27.3. The van der Waals surface area contributed by atoms with Crippen LogP contribution in [0.15, 0.2) is 41.7 Å². The highest BCUT2D eigenvalue weighted by Gasteiger charge is 2.26. The van der Waals surface area contributed by atoms with Crippen LogP contribution in [0.3, 0.4) is 0 Å². The molecule has 1 aliphatic heterocycles. The number of rotatable bonds is 1. The maximum Gasteiger partial charge on any atom is 0.136 e. The van der Waals surface area contributed by atoms with Gasteiger partial charge in [-0.05, 0) is 19.2 Å². The molecule has 1 aromatic rings. The van der Waals surface area contributed by atoms with Gasteiger partial charge in [0.1, 0.15) is 7.14 Å². The number of hydrogen-bond acceptors (Lipinski definition) is 1. The Balaban J connectivity index is 2.43. The van der Waals surface area contributed by atoms with Crippen molar-refractivity contribution in [3.05, 3.63) is 41.7 Å². The third kappa shape index (κ3) is 1.62. The van der Waals surface area contributed by atoms with Crippen LogP contribution < -0.4 is 5.30 Å². The Morgan fingerprint density at radius 1 is 1.23 bits per heavy atom. The molecular weight excluding hydrogens is 179 g/mol. The Bertz CT molecular complexity index is 378. The molecule has 1 aliphatic rings. The van der Waals surface area contributed by atoms with Gasteiger partial charge in [-0.15, -0.1) is 0 Å². The Morgan fingerprint density at radius 2 is 1.92 bits per heavy atom. The van der Waals surface area contributed by atoms with E-state index in [0.717, 1.165) is 17.9 Å². The molecule has 13 heavy (non-hydrogen) atoms. The zero-order chi connectivity index (χ0) is 9.31. The largest absolute Gasteiger partial charge is 0.314 e. The minimum Gasteiger partial charge on any atom is -0.314 e. The molecule has 0 fully saturated rings. The first kappa shape index (κ1) is 8.77. The van der Waals surface area contributed by atoms with Gasteiger partial charge >= 0.3 is 0 Å². The molecule has 0 saturated carbocycles. The van der Waals surface area contributed by atoms with E-state index >= 15 is 0 Å². The van der Waals surface area contributed by atoms with Gasteiger partial charge in [-0.25, -0.2) is 0 Å². The summed E-state index contributed by atoms with van der Waals surface area (Å²) in [6, 6.07) is 9.81. The topological polar surface area (TPSA) is 17.1 Å². The molecule has 0 spiro atoms. The van der Waals surface area contributed by atoms with Gasteiger partial charge in [-0.3, -0.25) is 0 Å². The summed E-state index contributed by atoms with van der Waals surface area (Å²) >= 11 is 0. The number of benzene rings is 1. The van der Waals surface area contributed by atoms with Gasteiger partial charge < -0.3 is 4.57 Å². The second kappa shape index (κ2) is 3.16. The van der Waals surface area contributed by atoms with Crippen LogP contribution in [0.1, 0.15) is 13.3 Å². The molecule has 0 radical (unpaired) electrons. The van der Waals surface area contributed by atoms with Crippen molar-refractivity contribution in [3.8, 4) is 0 Å². The van der Waals surface area contributed by atoms with Gasteiger partial charge in [0.25, 0.3) is 0 Å². The van der Waals surface area contributed by atoms with Crippen molar-refractivity contribution in [1.29, 1.82) is 0 Å². The van der Waals surface area contributed by atoms with Crippen molar-refractivity contribution in [2.75, 3.05) is 6.16 Å². The van der Waals surface area contributed by atoms with E-state index in [2.05, 4.69) is 6.92 Å². The Morgan fingerprint density at radius 3 is 2.46 bits per heavy atom. The summed E-state index contributed by atoms with van der Waals surface area (Å²) in [6.45, 7) is 2.06. The van der Waals surface area contributed by atoms with E-state index in [1.165, 1.54) is 5.57 Å². The molecule has 1 atom stereocenters. The van der Waals surface area contributed by atoms with Gasteiger partial charge in [0.05, 0.1) is 0 Å². The van der Waals surface area contributed by atoms with Crippen molar-refractivity contribution in [1.82, 2.24) is 0 Å². The smallest absolute Gasteiger partial charge is 0.136 e.